The van der Waals surface area contributed by atoms with Crippen LogP contribution in [0.3, 0.4) is 0 Å². The lowest BCUT2D eigenvalue weighted by Crippen LogP contribution is -2.39. The summed E-state index contributed by atoms with van der Waals surface area (Å²) in [5, 5.41) is 11.8. The Labute approximate surface area is 275 Å². The molecule has 3 heterocycles. The highest BCUT2D eigenvalue weighted by Crippen LogP contribution is 2.44. The van der Waals surface area contributed by atoms with Crippen molar-refractivity contribution in [1.29, 1.82) is 0 Å². The molecule has 1 fully saturated rings. The molecule has 48 heavy (non-hydrogen) atoms. The number of anilines is 1. The molecule has 5 aromatic rings. The number of ether oxygens (including phenoxy) is 3. The molecule has 7 rings (SSSR count). The Morgan fingerprint density at radius 1 is 0.854 bits per heavy atom. The monoisotopic (exact) mass is 648 g/mol. The van der Waals surface area contributed by atoms with Crippen molar-refractivity contribution in [3.63, 3.8) is 0 Å². The van der Waals surface area contributed by atoms with Crippen LogP contribution >= 0.6 is 0 Å². The Morgan fingerprint density at radius 2 is 1.56 bits per heavy atom. The predicted molar refractivity (Wildman–Crippen MR) is 173 cm³/mol. The van der Waals surface area contributed by atoms with Crippen LogP contribution in [0.1, 0.15) is 35.1 Å². The number of nitrogens with zero attached hydrogens (tertiary/aromatic N) is 5. The topological polar surface area (TPSA) is 158 Å². The molecule has 244 valence electrons. The average molecular weight is 649 g/mol. The maximum Gasteiger partial charge on any atom is 0.413 e. The Balaban J connectivity index is 1.06. The first-order chi connectivity index (χ1) is 23.5. The van der Waals surface area contributed by atoms with Gasteiger partial charge in [-0.3, -0.25) is 5.32 Å². The lowest BCUT2D eigenvalue weighted by molar-refractivity contribution is -0.142. The van der Waals surface area contributed by atoms with E-state index >= 15 is 0 Å². The summed E-state index contributed by atoms with van der Waals surface area (Å²) in [6.45, 7) is 0.00192. The number of fused-ring (bicyclic) bond motifs is 4. The van der Waals surface area contributed by atoms with Crippen LogP contribution in [-0.2, 0) is 25.6 Å². The number of hydrogen-bond acceptors (Lipinski definition) is 9. The summed E-state index contributed by atoms with van der Waals surface area (Å²) in [6, 6.07) is 24.8. The number of carboxylic acid groups (broad SMARTS) is 1. The third-order valence-electron chi connectivity index (χ3n) is 8.68. The van der Waals surface area contributed by atoms with E-state index in [4.69, 9.17) is 19.3 Å². The Bertz CT molecular complexity index is 1920. The van der Waals surface area contributed by atoms with Gasteiger partial charge < -0.3 is 28.8 Å². The third-order valence-corrected chi connectivity index (χ3v) is 8.68. The highest BCUT2D eigenvalue weighted by atomic mass is 16.6. The lowest BCUT2D eigenvalue weighted by atomic mass is 9.98. The summed E-state index contributed by atoms with van der Waals surface area (Å²) in [5.74, 6) is -1.03. The first-order valence-electron chi connectivity index (χ1n) is 15.5. The zero-order valence-corrected chi connectivity index (χ0v) is 25.8. The molecule has 13 nitrogen and oxygen atoms in total. The minimum absolute atomic E-state index is 0.00860. The van der Waals surface area contributed by atoms with Crippen LogP contribution in [0.15, 0.2) is 91.5 Å². The minimum Gasteiger partial charge on any atom is -0.480 e. The number of amides is 2. The second-order valence-electron chi connectivity index (χ2n) is 11.6. The first-order valence-corrected chi connectivity index (χ1v) is 15.5. The van der Waals surface area contributed by atoms with Crippen molar-refractivity contribution in [2.45, 2.75) is 31.0 Å². The number of rotatable bonds is 10. The van der Waals surface area contributed by atoms with Gasteiger partial charge in [0.2, 0.25) is 0 Å². The second kappa shape index (κ2) is 13.5. The highest BCUT2D eigenvalue weighted by Gasteiger charge is 2.39. The average Bonchev–Trinajstić information content (AvgIpc) is 3.81. The van der Waals surface area contributed by atoms with E-state index in [2.05, 4.69) is 44.5 Å². The van der Waals surface area contributed by atoms with Crippen LogP contribution in [0.4, 0.5) is 15.4 Å². The van der Waals surface area contributed by atoms with Gasteiger partial charge in [-0.15, -0.1) is 0 Å². The number of carbonyl (C=O) groups excluding carboxylic acids is 2. The number of carboxylic acids is 1. The maximum atomic E-state index is 13.7. The zero-order chi connectivity index (χ0) is 33.0. The van der Waals surface area contributed by atoms with Crippen LogP contribution in [0.5, 0.6) is 0 Å². The van der Waals surface area contributed by atoms with Gasteiger partial charge in [0.05, 0.1) is 25.0 Å². The molecular formula is C35H32N6O7. The van der Waals surface area contributed by atoms with Gasteiger partial charge in [0, 0.05) is 12.5 Å². The van der Waals surface area contributed by atoms with E-state index in [9.17, 15) is 14.4 Å². The van der Waals surface area contributed by atoms with Crippen LogP contribution < -0.4 is 5.32 Å². The molecule has 2 atom stereocenters. The standard InChI is InChI=1S/C35H32N6O7/c42-30(43)19-46-17-24-14-23(15-40(24)35(45)48-18-29-27-12-6-4-10-25(27)26-11-5-7-13-28(26)29)41-21-38-31-32(36-20-37-33(31)41)39-34(44)47-16-22-8-2-1-3-9-22/h1-13,20-21,23-24,29H,14-19H2,(H,42,43)(H,36,37,39,44)/t23-,24-/m1/s1. The van der Waals surface area contributed by atoms with Crippen LogP contribution in [-0.4, -0.2) is 80.1 Å². The molecule has 13 heteroatoms. The van der Waals surface area contributed by atoms with Crippen LogP contribution in [0.25, 0.3) is 22.3 Å². The third kappa shape index (κ3) is 6.27. The Hall–Kier alpha value is -5.82. The zero-order valence-electron chi connectivity index (χ0n) is 25.8. The van der Waals surface area contributed by atoms with E-state index in [-0.39, 0.29) is 44.1 Å². The molecule has 1 aliphatic heterocycles. The van der Waals surface area contributed by atoms with Crippen molar-refractivity contribution in [3.05, 3.63) is 108 Å². The van der Waals surface area contributed by atoms with E-state index in [0.29, 0.717) is 17.6 Å². The number of nitrogens with one attached hydrogen (secondary N) is 1. The van der Waals surface area contributed by atoms with Gasteiger partial charge in [0.25, 0.3) is 0 Å². The number of imidazole rings is 1. The molecule has 0 radical (unpaired) electrons. The van der Waals surface area contributed by atoms with E-state index in [1.807, 2.05) is 59.2 Å². The van der Waals surface area contributed by atoms with Crippen molar-refractivity contribution in [2.24, 2.45) is 0 Å². The van der Waals surface area contributed by atoms with Crippen molar-refractivity contribution < 1.29 is 33.7 Å². The molecule has 0 saturated carbocycles. The highest BCUT2D eigenvalue weighted by molar-refractivity contribution is 5.93. The summed E-state index contributed by atoms with van der Waals surface area (Å²) in [4.78, 5) is 52.0. The summed E-state index contributed by atoms with van der Waals surface area (Å²) in [5.41, 5.74) is 6.11. The fraction of sp³-hybridized carbons (Fsp3) is 0.257. The quantitative estimate of drug-likeness (QED) is 0.205. The normalized spacial score (nSPS) is 16.8. The number of likely N-dealkylation sites (tertiary alicyclic amines) is 1. The maximum absolute atomic E-state index is 13.7. The number of benzene rings is 3. The minimum atomic E-state index is -1.10. The van der Waals surface area contributed by atoms with Gasteiger partial charge in [0.15, 0.2) is 17.0 Å². The fourth-order valence-electron chi connectivity index (χ4n) is 6.50. The molecule has 0 bridgehead atoms. The van der Waals surface area contributed by atoms with Crippen molar-refractivity contribution in [1.82, 2.24) is 24.4 Å². The van der Waals surface area contributed by atoms with Gasteiger partial charge in [-0.05, 0) is 34.2 Å². The van der Waals surface area contributed by atoms with E-state index in [1.54, 1.807) is 11.2 Å². The van der Waals surface area contributed by atoms with Crippen molar-refractivity contribution >= 4 is 35.1 Å². The molecule has 2 N–H and O–H groups in total. The molecule has 1 aliphatic carbocycles. The lowest BCUT2D eigenvalue weighted by Gasteiger charge is -2.24. The Morgan fingerprint density at radius 3 is 2.29 bits per heavy atom. The molecule has 1 saturated heterocycles. The molecule has 2 aliphatic rings. The summed E-state index contributed by atoms with van der Waals surface area (Å²) in [7, 11) is 0. The smallest absolute Gasteiger partial charge is 0.413 e. The van der Waals surface area contributed by atoms with Gasteiger partial charge >= 0.3 is 18.2 Å². The molecule has 2 amide bonds. The van der Waals surface area contributed by atoms with Crippen LogP contribution in [0.2, 0.25) is 0 Å². The largest absolute Gasteiger partial charge is 0.480 e. The first kappa shape index (κ1) is 30.8. The SMILES string of the molecule is O=C(O)COC[C@H]1C[C@@H](n2cnc3c(NC(=O)OCc4ccccc4)ncnc32)CN1C(=O)OCC1c2ccccc2-c2ccccc21. The number of carbonyl (C=O) groups is 3. The van der Waals surface area contributed by atoms with Crippen molar-refractivity contribution in [3.8, 4) is 11.1 Å². The van der Waals surface area contributed by atoms with Crippen LogP contribution in [0, 0.1) is 0 Å². The number of aliphatic carboxylic acids is 1. The van der Waals surface area contributed by atoms with Gasteiger partial charge in [-0.1, -0.05) is 78.9 Å². The summed E-state index contributed by atoms with van der Waals surface area (Å²) in [6.07, 6.45) is 2.12. The molecule has 0 spiro atoms. The number of hydrogen-bond donors (Lipinski definition) is 2. The van der Waals surface area contributed by atoms with E-state index in [0.717, 1.165) is 27.8 Å². The molecule has 2 aromatic heterocycles. The fourth-order valence-corrected chi connectivity index (χ4v) is 6.50. The van der Waals surface area contributed by atoms with E-state index in [1.165, 1.54) is 6.33 Å². The van der Waals surface area contributed by atoms with Gasteiger partial charge in [-0.25, -0.2) is 29.3 Å². The molecule has 0 unspecified atom stereocenters. The van der Waals surface area contributed by atoms with Gasteiger partial charge in [-0.2, -0.15) is 0 Å². The van der Waals surface area contributed by atoms with E-state index < -0.39 is 30.8 Å². The predicted octanol–water partition coefficient (Wildman–Crippen LogP) is 5.24. The number of aromatic nitrogens is 4. The summed E-state index contributed by atoms with van der Waals surface area (Å²) >= 11 is 0. The molecule has 3 aromatic carbocycles. The van der Waals surface area contributed by atoms with Gasteiger partial charge in [0.1, 0.15) is 26.1 Å². The van der Waals surface area contributed by atoms with Crippen molar-refractivity contribution in [2.75, 3.05) is 31.7 Å². The second-order valence-corrected chi connectivity index (χ2v) is 11.6. The summed E-state index contributed by atoms with van der Waals surface area (Å²) < 4.78 is 18.6. The Kier molecular flexibility index (Phi) is 8.67. The molecular weight excluding hydrogens is 616 g/mol.